The third-order valence-corrected chi connectivity index (χ3v) is 6.22. The van der Waals surface area contributed by atoms with Gasteiger partial charge in [0.25, 0.3) is 0 Å². The van der Waals surface area contributed by atoms with Crippen molar-refractivity contribution in [2.45, 2.75) is 39.2 Å². The molecule has 2 aliphatic rings. The first-order chi connectivity index (χ1) is 14.2. The predicted octanol–water partition coefficient (Wildman–Crippen LogP) is 3.62. The summed E-state index contributed by atoms with van der Waals surface area (Å²) in [5, 5.41) is 16.0. The summed E-state index contributed by atoms with van der Waals surface area (Å²) in [4.78, 5) is 35.4. The smallest absolute Gasteiger partial charge is 0.414 e. The van der Waals surface area contributed by atoms with E-state index in [1.54, 1.807) is 0 Å². The van der Waals surface area contributed by atoms with Crippen LogP contribution in [0.2, 0.25) is 10.0 Å². The molecule has 0 spiro atoms. The van der Waals surface area contributed by atoms with Crippen LogP contribution in [0.4, 0.5) is 0 Å². The summed E-state index contributed by atoms with van der Waals surface area (Å²) >= 11 is 12.1. The van der Waals surface area contributed by atoms with Gasteiger partial charge in [0.15, 0.2) is 0 Å². The number of rotatable bonds is 3. The van der Waals surface area contributed by atoms with Crippen LogP contribution in [-0.4, -0.2) is 64.0 Å². The highest BCUT2D eigenvalue weighted by Crippen LogP contribution is 2.26. The Morgan fingerprint density at radius 2 is 1.63 bits per heavy atom. The monoisotopic (exact) mass is 458 g/mol. The molecule has 2 N–H and O–H groups in total. The first-order valence-corrected chi connectivity index (χ1v) is 10.8. The SMILES string of the molecule is CC1CCCN(C(=O)C2CCN(Cc3ccc(Cl)c(Cl)c3)CC2)C1.O=C(O)C(=O)O. The Balaban J connectivity index is 0.000000469. The Morgan fingerprint density at radius 1 is 1.00 bits per heavy atom. The molecule has 2 saturated heterocycles. The van der Waals surface area contributed by atoms with Crippen molar-refractivity contribution in [1.82, 2.24) is 9.80 Å². The van der Waals surface area contributed by atoms with Crippen molar-refractivity contribution >= 4 is 41.0 Å². The van der Waals surface area contributed by atoms with Gasteiger partial charge in [-0.05, 0) is 62.4 Å². The summed E-state index contributed by atoms with van der Waals surface area (Å²) in [5.74, 6) is -2.40. The summed E-state index contributed by atoms with van der Waals surface area (Å²) in [7, 11) is 0. The van der Waals surface area contributed by atoms with Crippen molar-refractivity contribution in [3.63, 3.8) is 0 Å². The van der Waals surface area contributed by atoms with Gasteiger partial charge in [-0.15, -0.1) is 0 Å². The Kier molecular flexibility index (Phi) is 9.39. The van der Waals surface area contributed by atoms with Crippen molar-refractivity contribution in [3.05, 3.63) is 33.8 Å². The standard InChI is InChI=1S/C19H26Cl2N2O.C2H2O4/c1-14-3-2-8-23(12-14)19(24)16-6-9-22(10-7-16)13-15-4-5-17(20)18(21)11-15;3-1(4)2(5)6/h4-5,11,14,16H,2-3,6-10,12-13H2,1H3;(H,3,4)(H,5,6). The number of likely N-dealkylation sites (tertiary alicyclic amines) is 2. The third-order valence-electron chi connectivity index (χ3n) is 5.48. The van der Waals surface area contributed by atoms with Crippen molar-refractivity contribution in [2.24, 2.45) is 11.8 Å². The molecule has 1 aromatic rings. The zero-order valence-corrected chi connectivity index (χ0v) is 18.5. The maximum absolute atomic E-state index is 12.7. The molecule has 0 saturated carbocycles. The number of hydrogen-bond acceptors (Lipinski definition) is 4. The lowest BCUT2D eigenvalue weighted by atomic mass is 9.92. The van der Waals surface area contributed by atoms with Gasteiger partial charge < -0.3 is 15.1 Å². The molecule has 0 aliphatic carbocycles. The van der Waals surface area contributed by atoms with Gasteiger partial charge in [0.05, 0.1) is 10.0 Å². The Morgan fingerprint density at radius 3 is 2.17 bits per heavy atom. The fraction of sp³-hybridized carbons (Fsp3) is 0.571. The fourth-order valence-electron chi connectivity index (χ4n) is 3.88. The minimum absolute atomic E-state index is 0.209. The lowest BCUT2D eigenvalue weighted by Crippen LogP contribution is -2.45. The van der Waals surface area contributed by atoms with Crippen LogP contribution in [0.3, 0.4) is 0 Å². The first kappa shape index (κ1) is 24.4. The molecule has 0 bridgehead atoms. The molecule has 7 nitrogen and oxygen atoms in total. The number of carboxylic acids is 2. The molecule has 30 heavy (non-hydrogen) atoms. The van der Waals surface area contributed by atoms with Crippen LogP contribution in [0.1, 0.15) is 38.2 Å². The number of hydrogen-bond donors (Lipinski definition) is 2. The van der Waals surface area contributed by atoms with Crippen LogP contribution in [0.5, 0.6) is 0 Å². The summed E-state index contributed by atoms with van der Waals surface area (Å²) in [5.41, 5.74) is 1.18. The van der Waals surface area contributed by atoms with Crippen LogP contribution >= 0.6 is 23.2 Å². The van der Waals surface area contributed by atoms with Crippen LogP contribution in [-0.2, 0) is 20.9 Å². The average molecular weight is 459 g/mol. The van der Waals surface area contributed by atoms with Crippen molar-refractivity contribution in [1.29, 1.82) is 0 Å². The molecule has 1 aromatic carbocycles. The van der Waals surface area contributed by atoms with Crippen LogP contribution in [0, 0.1) is 11.8 Å². The highest BCUT2D eigenvalue weighted by molar-refractivity contribution is 6.42. The van der Waals surface area contributed by atoms with Gasteiger partial charge in [0.1, 0.15) is 0 Å². The van der Waals surface area contributed by atoms with E-state index in [1.165, 1.54) is 12.0 Å². The predicted molar refractivity (Wildman–Crippen MR) is 115 cm³/mol. The van der Waals surface area contributed by atoms with E-state index in [9.17, 15) is 4.79 Å². The molecule has 2 aliphatic heterocycles. The number of nitrogens with zero attached hydrogens (tertiary/aromatic N) is 2. The number of aliphatic carboxylic acids is 2. The third kappa shape index (κ3) is 7.45. The molecule has 2 fully saturated rings. The molecular weight excluding hydrogens is 431 g/mol. The van der Waals surface area contributed by atoms with E-state index in [2.05, 4.69) is 16.7 Å². The van der Waals surface area contributed by atoms with Gasteiger partial charge >= 0.3 is 11.9 Å². The van der Waals surface area contributed by atoms with E-state index in [0.717, 1.165) is 52.0 Å². The van der Waals surface area contributed by atoms with Crippen molar-refractivity contribution in [3.8, 4) is 0 Å². The van der Waals surface area contributed by atoms with E-state index in [4.69, 9.17) is 43.0 Å². The molecule has 1 amide bonds. The summed E-state index contributed by atoms with van der Waals surface area (Å²) in [6, 6.07) is 5.82. The molecule has 1 unspecified atom stereocenters. The molecule has 1 atom stereocenters. The Bertz CT molecular complexity index is 754. The Labute approximate surface area is 186 Å². The number of carbonyl (C=O) groups excluding carboxylic acids is 1. The van der Waals surface area contributed by atoms with Crippen LogP contribution in [0.15, 0.2) is 18.2 Å². The molecule has 3 rings (SSSR count). The number of amides is 1. The minimum atomic E-state index is -1.82. The maximum atomic E-state index is 12.7. The second-order valence-electron chi connectivity index (χ2n) is 7.94. The fourth-order valence-corrected chi connectivity index (χ4v) is 4.20. The molecule has 9 heteroatoms. The van der Waals surface area contributed by atoms with E-state index in [0.29, 0.717) is 21.9 Å². The normalized spacial score (nSPS) is 20.2. The summed E-state index contributed by atoms with van der Waals surface area (Å²) in [6.07, 6.45) is 4.34. The quantitative estimate of drug-likeness (QED) is 0.671. The largest absolute Gasteiger partial charge is 0.473 e. The van der Waals surface area contributed by atoms with E-state index >= 15 is 0 Å². The molecular formula is C21H28Cl2N2O5. The molecule has 0 radical (unpaired) electrons. The lowest BCUT2D eigenvalue weighted by molar-refractivity contribution is -0.159. The second-order valence-corrected chi connectivity index (χ2v) is 8.76. The maximum Gasteiger partial charge on any atom is 0.414 e. The number of benzene rings is 1. The van der Waals surface area contributed by atoms with Crippen LogP contribution in [0.25, 0.3) is 0 Å². The lowest BCUT2D eigenvalue weighted by Gasteiger charge is -2.37. The molecule has 0 aromatic heterocycles. The molecule has 2 heterocycles. The van der Waals surface area contributed by atoms with E-state index < -0.39 is 11.9 Å². The van der Waals surface area contributed by atoms with E-state index in [-0.39, 0.29) is 5.92 Å². The second kappa shape index (κ2) is 11.5. The highest BCUT2D eigenvalue weighted by atomic mass is 35.5. The van der Waals surface area contributed by atoms with Gasteiger partial charge in [-0.3, -0.25) is 9.69 Å². The zero-order valence-electron chi connectivity index (χ0n) is 17.0. The zero-order chi connectivity index (χ0) is 22.3. The number of carbonyl (C=O) groups is 3. The Hall–Kier alpha value is -1.83. The molecule has 166 valence electrons. The van der Waals surface area contributed by atoms with Gasteiger partial charge in [-0.1, -0.05) is 36.2 Å². The van der Waals surface area contributed by atoms with Gasteiger partial charge in [0, 0.05) is 25.6 Å². The minimum Gasteiger partial charge on any atom is -0.473 e. The van der Waals surface area contributed by atoms with Crippen LogP contribution < -0.4 is 0 Å². The highest BCUT2D eigenvalue weighted by Gasteiger charge is 2.30. The van der Waals surface area contributed by atoms with Gasteiger partial charge in [-0.2, -0.15) is 0 Å². The number of piperidine rings is 2. The number of carboxylic acid groups (broad SMARTS) is 2. The summed E-state index contributed by atoms with van der Waals surface area (Å²) in [6.45, 7) is 6.97. The van der Waals surface area contributed by atoms with Gasteiger partial charge in [0.2, 0.25) is 5.91 Å². The topological polar surface area (TPSA) is 98.2 Å². The number of halogens is 2. The van der Waals surface area contributed by atoms with E-state index in [1.807, 2.05) is 18.2 Å². The van der Waals surface area contributed by atoms with Crippen molar-refractivity contribution in [2.75, 3.05) is 26.2 Å². The summed E-state index contributed by atoms with van der Waals surface area (Å²) < 4.78 is 0. The average Bonchev–Trinajstić information content (AvgIpc) is 2.71. The first-order valence-electron chi connectivity index (χ1n) is 10.1. The van der Waals surface area contributed by atoms with Crippen molar-refractivity contribution < 1.29 is 24.6 Å². The van der Waals surface area contributed by atoms with Gasteiger partial charge in [-0.25, -0.2) is 9.59 Å².